The number of hydrogen-bond donors (Lipinski definition) is 0. The molecule has 0 atom stereocenters. The molecule has 0 unspecified atom stereocenters. The van der Waals surface area contributed by atoms with Crippen molar-refractivity contribution in [1.82, 2.24) is 0 Å². The number of rotatable bonds is 3. The van der Waals surface area contributed by atoms with E-state index in [-0.39, 0.29) is 5.25 Å². The molecule has 0 radical (unpaired) electrons. The molecule has 0 saturated carbocycles. The Bertz CT molecular complexity index is 154. The van der Waals surface area contributed by atoms with Crippen molar-refractivity contribution in [2.75, 3.05) is 6.26 Å². The molecule has 0 rings (SSSR count). The van der Waals surface area contributed by atoms with E-state index in [9.17, 15) is 8.42 Å². The van der Waals surface area contributed by atoms with Crippen molar-refractivity contribution in [3.63, 3.8) is 0 Å². The van der Waals surface area contributed by atoms with E-state index in [4.69, 9.17) is 0 Å². The average molecular weight is 150 g/mol. The smallest absolute Gasteiger partial charge is 0.150 e. The fourth-order valence-corrected chi connectivity index (χ4v) is 2.11. The zero-order valence-corrected chi connectivity index (χ0v) is 7.03. The van der Waals surface area contributed by atoms with Crippen molar-refractivity contribution < 1.29 is 8.42 Å². The van der Waals surface area contributed by atoms with Crippen LogP contribution in [0.3, 0.4) is 0 Å². The third-order valence-corrected chi connectivity index (χ3v) is 3.39. The number of sulfone groups is 1. The minimum absolute atomic E-state index is 0.127. The largest absolute Gasteiger partial charge is 0.229 e. The molecular weight excluding hydrogens is 136 g/mol. The zero-order valence-electron chi connectivity index (χ0n) is 6.22. The summed E-state index contributed by atoms with van der Waals surface area (Å²) in [6, 6.07) is 0. The van der Waals surface area contributed by atoms with E-state index in [0.29, 0.717) is 0 Å². The summed E-state index contributed by atoms with van der Waals surface area (Å²) in [5, 5.41) is -0.127. The van der Waals surface area contributed by atoms with Gasteiger partial charge < -0.3 is 0 Å². The van der Waals surface area contributed by atoms with Gasteiger partial charge in [-0.15, -0.1) is 0 Å². The van der Waals surface area contributed by atoms with Crippen LogP contribution in [0.25, 0.3) is 0 Å². The first-order valence-electron chi connectivity index (χ1n) is 3.21. The van der Waals surface area contributed by atoms with Crippen molar-refractivity contribution >= 4 is 9.84 Å². The molecule has 0 fully saturated rings. The summed E-state index contributed by atoms with van der Waals surface area (Å²) in [4.78, 5) is 0. The molecule has 3 heteroatoms. The van der Waals surface area contributed by atoms with Crippen molar-refractivity contribution in [2.45, 2.75) is 31.9 Å². The van der Waals surface area contributed by atoms with E-state index < -0.39 is 9.84 Å². The Morgan fingerprint density at radius 2 is 1.56 bits per heavy atom. The second kappa shape index (κ2) is 3.20. The van der Waals surface area contributed by atoms with Gasteiger partial charge in [0.25, 0.3) is 0 Å². The summed E-state index contributed by atoms with van der Waals surface area (Å²) in [6.07, 6.45) is 2.76. The van der Waals surface area contributed by atoms with Gasteiger partial charge in [-0.2, -0.15) is 0 Å². The Morgan fingerprint density at radius 3 is 1.56 bits per heavy atom. The van der Waals surface area contributed by atoms with Gasteiger partial charge in [-0.05, 0) is 12.8 Å². The van der Waals surface area contributed by atoms with Crippen molar-refractivity contribution in [3.8, 4) is 0 Å². The van der Waals surface area contributed by atoms with Crippen LogP contribution in [0.2, 0.25) is 0 Å². The first kappa shape index (κ1) is 8.95. The summed E-state index contributed by atoms with van der Waals surface area (Å²) in [6.45, 7) is 3.80. The highest BCUT2D eigenvalue weighted by atomic mass is 32.2. The second-order valence-corrected chi connectivity index (χ2v) is 4.59. The minimum Gasteiger partial charge on any atom is -0.229 e. The molecule has 0 spiro atoms. The van der Waals surface area contributed by atoms with Crippen molar-refractivity contribution in [1.29, 1.82) is 0 Å². The van der Waals surface area contributed by atoms with Crippen LogP contribution in [0, 0.1) is 0 Å². The normalized spacial score (nSPS) is 12.4. The van der Waals surface area contributed by atoms with Gasteiger partial charge in [0.1, 0.15) is 9.84 Å². The summed E-state index contributed by atoms with van der Waals surface area (Å²) in [5.41, 5.74) is 0. The zero-order chi connectivity index (χ0) is 7.49. The molecule has 9 heavy (non-hydrogen) atoms. The lowest BCUT2D eigenvalue weighted by Crippen LogP contribution is -2.17. The van der Waals surface area contributed by atoms with Gasteiger partial charge in [-0.3, -0.25) is 0 Å². The maximum absolute atomic E-state index is 10.8. The topological polar surface area (TPSA) is 34.1 Å². The molecule has 0 aliphatic carbocycles. The predicted octanol–water partition coefficient (Wildman–Crippen LogP) is 1.22. The highest BCUT2D eigenvalue weighted by molar-refractivity contribution is 7.91. The maximum atomic E-state index is 10.8. The lowest BCUT2D eigenvalue weighted by molar-refractivity contribution is 0.578. The first-order chi connectivity index (χ1) is 4.02. The highest BCUT2D eigenvalue weighted by Gasteiger charge is 2.14. The van der Waals surface area contributed by atoms with Gasteiger partial charge in [0.15, 0.2) is 0 Å². The third kappa shape index (κ3) is 2.84. The Morgan fingerprint density at radius 1 is 1.22 bits per heavy atom. The fourth-order valence-electron chi connectivity index (χ4n) is 0.894. The van der Waals surface area contributed by atoms with Crippen LogP contribution in [-0.4, -0.2) is 19.9 Å². The lowest BCUT2D eigenvalue weighted by atomic mass is 10.3. The molecule has 0 amide bonds. The Kier molecular flexibility index (Phi) is 3.18. The van der Waals surface area contributed by atoms with Crippen molar-refractivity contribution in [2.24, 2.45) is 0 Å². The second-order valence-electron chi connectivity index (χ2n) is 2.27. The fraction of sp³-hybridized carbons (Fsp3) is 1.00. The van der Waals surface area contributed by atoms with Crippen molar-refractivity contribution in [3.05, 3.63) is 0 Å². The first-order valence-corrected chi connectivity index (χ1v) is 5.16. The summed E-state index contributed by atoms with van der Waals surface area (Å²) < 4.78 is 21.6. The van der Waals surface area contributed by atoms with Crippen LogP contribution in [0.1, 0.15) is 26.7 Å². The molecule has 0 aromatic rings. The average Bonchev–Trinajstić information content (AvgIpc) is 1.65. The van der Waals surface area contributed by atoms with Crippen LogP contribution < -0.4 is 0 Å². The van der Waals surface area contributed by atoms with Gasteiger partial charge >= 0.3 is 0 Å². The molecular formula is C6H14O2S. The molecule has 0 aliphatic rings. The lowest BCUT2D eigenvalue weighted by Gasteiger charge is -2.07. The molecule has 0 aliphatic heterocycles. The molecule has 0 saturated heterocycles. The summed E-state index contributed by atoms with van der Waals surface area (Å²) >= 11 is 0. The number of hydrogen-bond acceptors (Lipinski definition) is 2. The standard InChI is InChI=1S/C6H14O2S/c1-4-6(5-2)9(3,7)8/h6H,4-5H2,1-3H3. The quantitative estimate of drug-likeness (QED) is 0.606. The third-order valence-electron chi connectivity index (χ3n) is 1.52. The van der Waals surface area contributed by atoms with Gasteiger partial charge in [0.05, 0.1) is 5.25 Å². The van der Waals surface area contributed by atoms with Gasteiger partial charge in [0, 0.05) is 6.26 Å². The predicted molar refractivity (Wildman–Crippen MR) is 39.2 cm³/mol. The van der Waals surface area contributed by atoms with Gasteiger partial charge in [-0.1, -0.05) is 13.8 Å². The van der Waals surface area contributed by atoms with Crippen LogP contribution in [0.4, 0.5) is 0 Å². The molecule has 56 valence electrons. The highest BCUT2D eigenvalue weighted by Crippen LogP contribution is 2.06. The van der Waals surface area contributed by atoms with Gasteiger partial charge in [0.2, 0.25) is 0 Å². The van der Waals surface area contributed by atoms with Crippen LogP contribution >= 0.6 is 0 Å². The Labute approximate surface area is 57.2 Å². The van der Waals surface area contributed by atoms with E-state index in [0.717, 1.165) is 12.8 Å². The Balaban J connectivity index is 4.14. The SMILES string of the molecule is CCC(CC)S(C)(=O)=O. The summed E-state index contributed by atoms with van der Waals surface area (Å²) in [5.74, 6) is 0. The van der Waals surface area contributed by atoms with E-state index in [2.05, 4.69) is 0 Å². The summed E-state index contributed by atoms with van der Waals surface area (Å²) in [7, 11) is -2.77. The van der Waals surface area contributed by atoms with Crippen LogP contribution in [0.15, 0.2) is 0 Å². The molecule has 0 aromatic carbocycles. The molecule has 0 heterocycles. The molecule has 0 aromatic heterocycles. The molecule has 0 N–H and O–H groups in total. The van der Waals surface area contributed by atoms with Gasteiger partial charge in [-0.25, -0.2) is 8.42 Å². The van der Waals surface area contributed by atoms with E-state index in [1.807, 2.05) is 13.8 Å². The minimum atomic E-state index is -2.77. The van der Waals surface area contributed by atoms with E-state index >= 15 is 0 Å². The van der Waals surface area contributed by atoms with E-state index in [1.54, 1.807) is 0 Å². The monoisotopic (exact) mass is 150 g/mol. The Hall–Kier alpha value is -0.0500. The van der Waals surface area contributed by atoms with E-state index in [1.165, 1.54) is 6.26 Å². The van der Waals surface area contributed by atoms with Crippen LogP contribution in [0.5, 0.6) is 0 Å². The maximum Gasteiger partial charge on any atom is 0.150 e. The molecule has 2 nitrogen and oxygen atoms in total. The molecule has 0 bridgehead atoms. The van der Waals surface area contributed by atoms with Crippen LogP contribution in [-0.2, 0) is 9.84 Å².